The minimum atomic E-state index is -0.607. The van der Waals surface area contributed by atoms with E-state index in [9.17, 15) is 9.59 Å². The van der Waals surface area contributed by atoms with E-state index in [1.165, 1.54) is 13.5 Å². The molecule has 1 fully saturated rings. The Labute approximate surface area is 129 Å². The molecule has 1 aliphatic heterocycles. The van der Waals surface area contributed by atoms with Crippen molar-refractivity contribution in [2.45, 2.75) is 57.2 Å². The van der Waals surface area contributed by atoms with E-state index < -0.39 is 12.0 Å². The number of methoxy groups -OCH3 is 1. The summed E-state index contributed by atoms with van der Waals surface area (Å²) in [4.78, 5) is 33.4. The number of rotatable bonds is 2. The molecule has 1 aromatic heterocycles. The Balaban J connectivity index is 1.73. The number of fused-ring (bicyclic) bond motifs is 1. The van der Waals surface area contributed by atoms with Gasteiger partial charge in [-0.3, -0.25) is 0 Å². The molecular weight excluding hydrogens is 284 g/mol. The van der Waals surface area contributed by atoms with Crippen molar-refractivity contribution in [2.75, 3.05) is 7.11 Å². The number of carbonyl (C=O) groups excluding carboxylic acids is 2. The second kappa shape index (κ2) is 6.37. The monoisotopic (exact) mass is 306 g/mol. The molecular formula is C15H22N4O3. The summed E-state index contributed by atoms with van der Waals surface area (Å²) < 4.78 is 4.85. The summed E-state index contributed by atoms with van der Waals surface area (Å²) in [6.45, 7) is 0.355. The fourth-order valence-corrected chi connectivity index (χ4v) is 3.30. The van der Waals surface area contributed by atoms with Crippen molar-refractivity contribution in [3.63, 3.8) is 0 Å². The number of esters is 1. The van der Waals surface area contributed by atoms with Gasteiger partial charge in [0.2, 0.25) is 0 Å². The topological polar surface area (TPSA) is 87.3 Å². The number of hydrogen-bond acceptors (Lipinski definition) is 4. The van der Waals surface area contributed by atoms with E-state index in [4.69, 9.17) is 4.74 Å². The summed E-state index contributed by atoms with van der Waals surface area (Å²) in [5, 5.41) is 3.07. The van der Waals surface area contributed by atoms with Gasteiger partial charge < -0.3 is 19.9 Å². The molecule has 3 rings (SSSR count). The first-order chi connectivity index (χ1) is 10.7. The van der Waals surface area contributed by atoms with Gasteiger partial charge in [-0.25, -0.2) is 14.6 Å². The Morgan fingerprint density at radius 2 is 2.14 bits per heavy atom. The molecule has 2 amide bonds. The van der Waals surface area contributed by atoms with Crippen LogP contribution in [0.5, 0.6) is 0 Å². The zero-order chi connectivity index (χ0) is 15.5. The van der Waals surface area contributed by atoms with E-state index >= 15 is 0 Å². The van der Waals surface area contributed by atoms with E-state index in [0.29, 0.717) is 13.0 Å². The summed E-state index contributed by atoms with van der Waals surface area (Å²) in [6, 6.07) is -0.588. The van der Waals surface area contributed by atoms with Crippen LogP contribution in [0.25, 0.3) is 0 Å². The SMILES string of the molecule is COC(=O)C1Cc2nc[nH]c2CN1C(=O)NC1CCCCC1. The van der Waals surface area contributed by atoms with Gasteiger partial charge in [0.05, 0.1) is 31.4 Å². The standard InChI is InChI=1S/C15H22N4O3/c1-22-14(20)13-7-11-12(17-9-16-11)8-19(13)15(21)18-10-5-3-2-4-6-10/h9-10,13H,2-8H2,1H3,(H,16,17)(H,18,21). The third-order valence-corrected chi connectivity index (χ3v) is 4.57. The number of ether oxygens (including phenoxy) is 1. The molecule has 1 saturated carbocycles. The molecule has 120 valence electrons. The molecule has 2 N–H and O–H groups in total. The molecule has 0 spiro atoms. The van der Waals surface area contributed by atoms with Crippen LogP contribution in [-0.4, -0.2) is 46.1 Å². The molecule has 0 bridgehead atoms. The van der Waals surface area contributed by atoms with Gasteiger partial charge in [0.15, 0.2) is 0 Å². The smallest absolute Gasteiger partial charge is 0.329 e. The lowest BCUT2D eigenvalue weighted by atomic mass is 9.95. The van der Waals surface area contributed by atoms with Crippen LogP contribution in [0.1, 0.15) is 43.5 Å². The third kappa shape index (κ3) is 2.93. The van der Waals surface area contributed by atoms with Crippen molar-refractivity contribution >= 4 is 12.0 Å². The zero-order valence-electron chi connectivity index (χ0n) is 12.8. The van der Waals surface area contributed by atoms with Crippen LogP contribution >= 0.6 is 0 Å². The quantitative estimate of drug-likeness (QED) is 0.807. The molecule has 0 saturated heterocycles. The fraction of sp³-hybridized carbons (Fsp3) is 0.667. The Morgan fingerprint density at radius 3 is 2.86 bits per heavy atom. The summed E-state index contributed by atoms with van der Waals surface area (Å²) in [5.41, 5.74) is 1.72. The number of imidazole rings is 1. The van der Waals surface area contributed by atoms with Crippen molar-refractivity contribution in [1.82, 2.24) is 20.2 Å². The van der Waals surface area contributed by atoms with Crippen LogP contribution in [0.3, 0.4) is 0 Å². The number of hydrogen-bond donors (Lipinski definition) is 2. The van der Waals surface area contributed by atoms with Crippen LogP contribution in [0.2, 0.25) is 0 Å². The maximum absolute atomic E-state index is 12.6. The molecule has 1 aliphatic carbocycles. The van der Waals surface area contributed by atoms with Gasteiger partial charge in [-0.2, -0.15) is 0 Å². The molecule has 2 aliphatic rings. The lowest BCUT2D eigenvalue weighted by Crippen LogP contribution is -2.54. The highest BCUT2D eigenvalue weighted by atomic mass is 16.5. The lowest BCUT2D eigenvalue weighted by Gasteiger charge is -2.35. The van der Waals surface area contributed by atoms with E-state index in [-0.39, 0.29) is 12.1 Å². The maximum atomic E-state index is 12.6. The second-order valence-corrected chi connectivity index (χ2v) is 5.98. The van der Waals surface area contributed by atoms with E-state index in [1.807, 2.05) is 0 Å². The summed E-state index contributed by atoms with van der Waals surface area (Å²) in [7, 11) is 1.35. The molecule has 0 aromatic carbocycles. The van der Waals surface area contributed by atoms with Crippen molar-refractivity contribution in [2.24, 2.45) is 0 Å². The first-order valence-corrected chi connectivity index (χ1v) is 7.85. The van der Waals surface area contributed by atoms with Crippen molar-refractivity contribution in [3.05, 3.63) is 17.7 Å². The second-order valence-electron chi connectivity index (χ2n) is 5.98. The van der Waals surface area contributed by atoms with Gasteiger partial charge in [0, 0.05) is 12.5 Å². The Kier molecular flexibility index (Phi) is 4.31. The van der Waals surface area contributed by atoms with E-state index in [1.54, 1.807) is 11.2 Å². The number of amides is 2. The summed E-state index contributed by atoms with van der Waals surface area (Å²) >= 11 is 0. The molecule has 22 heavy (non-hydrogen) atoms. The van der Waals surface area contributed by atoms with Crippen LogP contribution < -0.4 is 5.32 Å². The Bertz CT molecular complexity index is 551. The minimum absolute atomic E-state index is 0.192. The molecule has 7 heteroatoms. The van der Waals surface area contributed by atoms with Gasteiger partial charge in [-0.1, -0.05) is 19.3 Å². The average molecular weight is 306 g/mol. The summed E-state index contributed by atoms with van der Waals surface area (Å²) in [5.74, 6) is -0.396. The normalized spacial score (nSPS) is 22.0. The third-order valence-electron chi connectivity index (χ3n) is 4.57. The lowest BCUT2D eigenvalue weighted by molar-refractivity contribution is -0.146. The minimum Gasteiger partial charge on any atom is -0.467 e. The number of nitrogens with one attached hydrogen (secondary N) is 2. The van der Waals surface area contributed by atoms with Gasteiger partial charge in [0.25, 0.3) is 0 Å². The van der Waals surface area contributed by atoms with Crippen molar-refractivity contribution < 1.29 is 14.3 Å². The highest BCUT2D eigenvalue weighted by Gasteiger charge is 2.37. The highest BCUT2D eigenvalue weighted by molar-refractivity contribution is 5.84. The molecule has 2 heterocycles. The zero-order valence-corrected chi connectivity index (χ0v) is 12.8. The Hall–Kier alpha value is -2.05. The van der Waals surface area contributed by atoms with Gasteiger partial charge >= 0.3 is 12.0 Å². The van der Waals surface area contributed by atoms with E-state index in [0.717, 1.165) is 37.1 Å². The predicted octanol–water partition coefficient (Wildman–Crippen LogP) is 1.35. The van der Waals surface area contributed by atoms with Crippen LogP contribution in [-0.2, 0) is 22.5 Å². The fourth-order valence-electron chi connectivity index (χ4n) is 3.30. The number of H-pyrrole nitrogens is 1. The van der Waals surface area contributed by atoms with E-state index in [2.05, 4.69) is 15.3 Å². The Morgan fingerprint density at radius 1 is 1.36 bits per heavy atom. The highest BCUT2D eigenvalue weighted by Crippen LogP contribution is 2.23. The van der Waals surface area contributed by atoms with Crippen molar-refractivity contribution in [3.8, 4) is 0 Å². The number of aromatic amines is 1. The average Bonchev–Trinajstić information content (AvgIpc) is 3.01. The van der Waals surface area contributed by atoms with Crippen LogP contribution in [0.4, 0.5) is 4.79 Å². The van der Waals surface area contributed by atoms with Gasteiger partial charge in [-0.05, 0) is 12.8 Å². The number of aromatic nitrogens is 2. The molecule has 1 unspecified atom stereocenters. The largest absolute Gasteiger partial charge is 0.467 e. The number of urea groups is 1. The molecule has 7 nitrogen and oxygen atoms in total. The first kappa shape index (κ1) is 14.9. The van der Waals surface area contributed by atoms with Gasteiger partial charge in [-0.15, -0.1) is 0 Å². The van der Waals surface area contributed by atoms with Crippen molar-refractivity contribution in [1.29, 1.82) is 0 Å². The maximum Gasteiger partial charge on any atom is 0.329 e. The molecule has 1 aromatic rings. The predicted molar refractivity (Wildman–Crippen MR) is 79.0 cm³/mol. The van der Waals surface area contributed by atoms with Crippen LogP contribution in [0.15, 0.2) is 6.33 Å². The number of carbonyl (C=O) groups is 2. The van der Waals surface area contributed by atoms with Crippen LogP contribution in [0, 0.1) is 0 Å². The first-order valence-electron chi connectivity index (χ1n) is 7.85. The number of nitrogens with zero attached hydrogens (tertiary/aromatic N) is 2. The summed E-state index contributed by atoms with van der Waals surface area (Å²) in [6.07, 6.45) is 7.55. The molecule has 0 radical (unpaired) electrons. The molecule has 1 atom stereocenters. The van der Waals surface area contributed by atoms with Gasteiger partial charge in [0.1, 0.15) is 6.04 Å².